The molecular weight excluding hydrogens is 280 g/mol. The fourth-order valence-electron chi connectivity index (χ4n) is 5.16. The second-order valence-electron chi connectivity index (χ2n) is 8.45. The van der Waals surface area contributed by atoms with Crippen LogP contribution in [-0.2, 0) is 8.85 Å². The van der Waals surface area contributed by atoms with Crippen LogP contribution in [0.1, 0.15) is 60.3 Å². The van der Waals surface area contributed by atoms with Crippen LogP contribution in [-0.4, -0.2) is 33.1 Å². The quantitative estimate of drug-likeness (QED) is 0.756. The molecule has 0 saturated heterocycles. The molecule has 1 N–H and O–H groups in total. The highest BCUT2D eigenvalue weighted by molar-refractivity contribution is 6.70. The third kappa shape index (κ3) is 2.09. The van der Waals surface area contributed by atoms with Gasteiger partial charge in [-0.2, -0.15) is 0 Å². The summed E-state index contributed by atoms with van der Waals surface area (Å²) >= 11 is 0. The largest absolute Gasteiger partial charge is 0.396 e. The molecule has 3 unspecified atom stereocenters. The van der Waals surface area contributed by atoms with Crippen molar-refractivity contribution >= 4 is 8.56 Å². The van der Waals surface area contributed by atoms with E-state index in [0.717, 1.165) is 25.3 Å². The molecule has 3 nitrogen and oxygen atoms in total. The molecule has 0 spiro atoms. The second-order valence-corrected chi connectivity index (χ2v) is 12.1. The Bertz CT molecular complexity index is 391. The van der Waals surface area contributed by atoms with Gasteiger partial charge in [0.15, 0.2) is 0 Å². The van der Waals surface area contributed by atoms with E-state index < -0.39 is 13.8 Å². The molecule has 0 heterocycles. The Morgan fingerprint density at radius 3 is 2.10 bits per heavy atom. The van der Waals surface area contributed by atoms with Crippen LogP contribution in [0.4, 0.5) is 0 Å². The van der Waals surface area contributed by atoms with Crippen LogP contribution in [0.25, 0.3) is 0 Å². The Balaban J connectivity index is 2.41. The summed E-state index contributed by atoms with van der Waals surface area (Å²) < 4.78 is 12.0. The first-order valence-electron chi connectivity index (χ1n) is 8.43. The minimum absolute atomic E-state index is 0.0973. The molecule has 0 aromatic heterocycles. The summed E-state index contributed by atoms with van der Waals surface area (Å²) in [6.07, 6.45) is 4.22. The van der Waals surface area contributed by atoms with E-state index in [-0.39, 0.29) is 10.8 Å². The molecule has 2 rings (SSSR count). The lowest BCUT2D eigenvalue weighted by Gasteiger charge is -2.52. The molecule has 4 heteroatoms. The molecule has 2 aliphatic carbocycles. The Morgan fingerprint density at radius 2 is 1.76 bits per heavy atom. The van der Waals surface area contributed by atoms with Crippen molar-refractivity contribution in [3.8, 4) is 0 Å². The Labute approximate surface area is 131 Å². The summed E-state index contributed by atoms with van der Waals surface area (Å²) in [6, 6.07) is 0.882. The molecule has 2 aliphatic rings. The van der Waals surface area contributed by atoms with Crippen LogP contribution in [0.15, 0.2) is 0 Å². The Kier molecular flexibility index (Phi) is 4.43. The number of aliphatic hydroxyl groups is 1. The molecule has 21 heavy (non-hydrogen) atoms. The summed E-state index contributed by atoms with van der Waals surface area (Å²) in [5, 5.41) is 11.0. The van der Waals surface area contributed by atoms with Crippen LogP contribution in [0.2, 0.25) is 6.04 Å². The third-order valence-corrected chi connectivity index (χ3v) is 11.5. The Hall–Kier alpha value is 0.0969. The molecule has 2 saturated carbocycles. The normalized spacial score (nSPS) is 38.4. The molecule has 124 valence electrons. The first kappa shape index (κ1) is 17.5. The van der Waals surface area contributed by atoms with Gasteiger partial charge in [-0.05, 0) is 49.0 Å². The molecule has 2 fully saturated rings. The lowest BCUT2D eigenvalue weighted by molar-refractivity contribution is -0.0649. The summed E-state index contributed by atoms with van der Waals surface area (Å²) in [5.74, 6) is 1.19. The average molecular weight is 315 g/mol. The fourth-order valence-corrected chi connectivity index (χ4v) is 9.63. The van der Waals surface area contributed by atoms with Crippen LogP contribution >= 0.6 is 0 Å². The molecule has 0 aromatic carbocycles. The van der Waals surface area contributed by atoms with Crippen molar-refractivity contribution in [3.63, 3.8) is 0 Å². The lowest BCUT2D eigenvalue weighted by Crippen LogP contribution is -2.68. The van der Waals surface area contributed by atoms with E-state index in [1.165, 1.54) is 6.42 Å². The highest BCUT2D eigenvalue weighted by atomic mass is 28.4. The van der Waals surface area contributed by atoms with Gasteiger partial charge in [-0.15, -0.1) is 0 Å². The van der Waals surface area contributed by atoms with Crippen LogP contribution in [0.5, 0.6) is 0 Å². The van der Waals surface area contributed by atoms with Gasteiger partial charge in [-0.3, -0.25) is 0 Å². The third-order valence-electron chi connectivity index (χ3n) is 7.23. The summed E-state index contributed by atoms with van der Waals surface area (Å²) in [5.41, 5.74) is 0.0643. The van der Waals surface area contributed by atoms with Gasteiger partial charge in [-0.1, -0.05) is 34.6 Å². The van der Waals surface area contributed by atoms with Crippen molar-refractivity contribution < 1.29 is 14.0 Å². The Morgan fingerprint density at radius 1 is 1.19 bits per heavy atom. The van der Waals surface area contributed by atoms with Gasteiger partial charge in [-0.25, -0.2) is 0 Å². The zero-order valence-electron chi connectivity index (χ0n) is 15.0. The van der Waals surface area contributed by atoms with E-state index in [1.807, 2.05) is 0 Å². The highest BCUT2D eigenvalue weighted by Crippen LogP contribution is 2.71. The second kappa shape index (κ2) is 5.33. The monoisotopic (exact) mass is 314 g/mol. The maximum absolute atomic E-state index is 11.8. The molecule has 0 amide bonds. The maximum Gasteiger partial charge on any atom is 0.371 e. The topological polar surface area (TPSA) is 38.7 Å². The smallest absolute Gasteiger partial charge is 0.371 e. The van der Waals surface area contributed by atoms with E-state index in [4.69, 9.17) is 8.85 Å². The van der Waals surface area contributed by atoms with Gasteiger partial charge in [0, 0.05) is 19.6 Å². The predicted molar refractivity (Wildman–Crippen MR) is 88.2 cm³/mol. The van der Waals surface area contributed by atoms with Crippen molar-refractivity contribution in [2.24, 2.45) is 22.7 Å². The van der Waals surface area contributed by atoms with Gasteiger partial charge < -0.3 is 14.0 Å². The number of fused-ring (bicyclic) bond motifs is 2. The van der Waals surface area contributed by atoms with Crippen molar-refractivity contribution in [2.45, 2.75) is 71.6 Å². The zero-order valence-corrected chi connectivity index (χ0v) is 16.0. The molecular formula is C17H34O3Si. The van der Waals surface area contributed by atoms with E-state index in [0.29, 0.717) is 11.8 Å². The van der Waals surface area contributed by atoms with E-state index in [9.17, 15) is 5.11 Å². The van der Waals surface area contributed by atoms with Crippen molar-refractivity contribution in [2.75, 3.05) is 14.2 Å². The van der Waals surface area contributed by atoms with E-state index in [1.54, 1.807) is 14.2 Å². The van der Waals surface area contributed by atoms with E-state index in [2.05, 4.69) is 34.6 Å². The SMILES string of the molecule is CO[Si](CCC(C)C)(OC)C1(O)CC2CCC1(C)C2(C)C. The van der Waals surface area contributed by atoms with Crippen LogP contribution in [0.3, 0.4) is 0 Å². The van der Waals surface area contributed by atoms with Crippen molar-refractivity contribution in [3.05, 3.63) is 0 Å². The van der Waals surface area contributed by atoms with Gasteiger partial charge >= 0.3 is 8.56 Å². The van der Waals surface area contributed by atoms with Gasteiger partial charge in [0.1, 0.15) is 5.22 Å². The minimum Gasteiger partial charge on any atom is -0.396 e. The van der Waals surface area contributed by atoms with Crippen molar-refractivity contribution in [1.29, 1.82) is 0 Å². The standard InChI is InChI=1S/C17H34O3Si/c1-13(2)9-11-21(19-6,20-7)17(18)12-14-8-10-16(17,5)15(14,3)4/h13-14,18H,8-12H2,1-7H3. The molecule has 0 aliphatic heterocycles. The average Bonchev–Trinajstić information content (AvgIpc) is 2.72. The first-order valence-corrected chi connectivity index (χ1v) is 10.5. The number of hydrogen-bond acceptors (Lipinski definition) is 3. The first-order chi connectivity index (χ1) is 9.60. The lowest BCUT2D eigenvalue weighted by atomic mass is 9.69. The van der Waals surface area contributed by atoms with Crippen LogP contribution < -0.4 is 0 Å². The molecule has 2 bridgehead atoms. The van der Waals surface area contributed by atoms with Crippen molar-refractivity contribution in [1.82, 2.24) is 0 Å². The summed E-state index contributed by atoms with van der Waals surface area (Å²) in [4.78, 5) is 0. The van der Waals surface area contributed by atoms with Gasteiger partial charge in [0.25, 0.3) is 0 Å². The minimum atomic E-state index is -2.66. The molecule has 3 atom stereocenters. The summed E-state index contributed by atoms with van der Waals surface area (Å²) in [7, 11) is 0.836. The zero-order chi connectivity index (χ0) is 16.1. The van der Waals surface area contributed by atoms with E-state index >= 15 is 0 Å². The van der Waals surface area contributed by atoms with Gasteiger partial charge in [0.2, 0.25) is 0 Å². The number of hydrogen-bond donors (Lipinski definition) is 1. The van der Waals surface area contributed by atoms with Crippen LogP contribution in [0, 0.1) is 22.7 Å². The maximum atomic E-state index is 11.8. The fraction of sp³-hybridized carbons (Fsp3) is 1.00. The molecule has 0 aromatic rings. The van der Waals surface area contributed by atoms with Gasteiger partial charge in [0.05, 0.1) is 0 Å². The summed E-state index contributed by atoms with van der Waals surface area (Å²) in [6.45, 7) is 11.4. The highest BCUT2D eigenvalue weighted by Gasteiger charge is 2.76. The number of rotatable bonds is 6. The predicted octanol–water partition coefficient (Wildman–Crippen LogP) is 3.88. The molecule has 0 radical (unpaired) electrons.